The Hall–Kier alpha value is -1.55. The number of benzene rings is 1. The van der Waals surface area contributed by atoms with Crippen LogP contribution in [-0.4, -0.2) is 32.7 Å². The maximum Gasteiger partial charge on any atom is 0.253 e. The molecule has 0 unspecified atom stereocenters. The molecule has 0 bridgehead atoms. The molecule has 4 nitrogen and oxygen atoms in total. The van der Waals surface area contributed by atoms with Crippen molar-refractivity contribution in [3.63, 3.8) is 0 Å². The lowest BCUT2D eigenvalue weighted by molar-refractivity contribution is 0.0921. The van der Waals surface area contributed by atoms with Gasteiger partial charge in [-0.2, -0.15) is 0 Å². The van der Waals surface area contributed by atoms with Crippen molar-refractivity contribution >= 4 is 11.6 Å². The molecule has 0 atom stereocenters. The molecule has 0 aliphatic heterocycles. The molecule has 0 aliphatic carbocycles. The van der Waals surface area contributed by atoms with Gasteiger partial charge in [-0.05, 0) is 37.8 Å². The van der Waals surface area contributed by atoms with Crippen LogP contribution >= 0.6 is 0 Å². The van der Waals surface area contributed by atoms with Crippen molar-refractivity contribution < 1.29 is 9.53 Å². The second kappa shape index (κ2) is 8.03. The number of rotatable bonds is 8. The lowest BCUT2D eigenvalue weighted by Gasteiger charge is -2.25. The van der Waals surface area contributed by atoms with E-state index in [-0.39, 0.29) is 11.3 Å². The number of hydrogen-bond donors (Lipinski definition) is 2. The molecule has 0 aromatic heterocycles. The van der Waals surface area contributed by atoms with Gasteiger partial charge in [0.2, 0.25) is 0 Å². The SMILES string of the molecule is CCNc1ccc(C)cc1C(=O)NCC(C)(C)CCOC. The fourth-order valence-corrected chi connectivity index (χ4v) is 2.07. The molecule has 1 aromatic rings. The number of amides is 1. The van der Waals surface area contributed by atoms with Crippen LogP contribution in [-0.2, 0) is 4.74 Å². The molecule has 1 aromatic carbocycles. The summed E-state index contributed by atoms with van der Waals surface area (Å²) in [5, 5.41) is 6.27. The summed E-state index contributed by atoms with van der Waals surface area (Å²) in [4.78, 5) is 12.4. The Balaban J connectivity index is 2.73. The van der Waals surface area contributed by atoms with E-state index < -0.39 is 0 Å². The third-order valence-electron chi connectivity index (χ3n) is 3.50. The normalized spacial score (nSPS) is 11.3. The monoisotopic (exact) mass is 292 g/mol. The van der Waals surface area contributed by atoms with E-state index in [2.05, 4.69) is 24.5 Å². The molecule has 0 spiro atoms. The molecule has 1 rings (SSSR count). The highest BCUT2D eigenvalue weighted by atomic mass is 16.5. The zero-order valence-corrected chi connectivity index (χ0v) is 13.9. The number of carbonyl (C=O) groups is 1. The number of aryl methyl sites for hydroxylation is 1. The van der Waals surface area contributed by atoms with E-state index in [1.807, 2.05) is 32.0 Å². The van der Waals surface area contributed by atoms with Gasteiger partial charge in [-0.15, -0.1) is 0 Å². The first-order valence-electron chi connectivity index (χ1n) is 7.51. The standard InChI is InChI=1S/C17H28N2O2/c1-6-18-15-8-7-13(2)11-14(15)16(20)19-12-17(3,4)9-10-21-5/h7-8,11,18H,6,9-10,12H2,1-5H3,(H,19,20). The third kappa shape index (κ3) is 5.76. The van der Waals surface area contributed by atoms with Crippen LogP contribution in [0.1, 0.15) is 43.1 Å². The summed E-state index contributed by atoms with van der Waals surface area (Å²) in [6.45, 7) is 10.4. The molecule has 0 saturated heterocycles. The van der Waals surface area contributed by atoms with Crippen molar-refractivity contribution in [1.82, 2.24) is 5.32 Å². The van der Waals surface area contributed by atoms with Crippen LogP contribution in [0.3, 0.4) is 0 Å². The lowest BCUT2D eigenvalue weighted by Crippen LogP contribution is -2.35. The van der Waals surface area contributed by atoms with Crippen LogP contribution in [0.5, 0.6) is 0 Å². The van der Waals surface area contributed by atoms with E-state index in [9.17, 15) is 4.79 Å². The van der Waals surface area contributed by atoms with E-state index in [0.717, 1.165) is 24.2 Å². The minimum atomic E-state index is -0.0276. The van der Waals surface area contributed by atoms with Gasteiger partial charge in [0.05, 0.1) is 5.56 Å². The van der Waals surface area contributed by atoms with Gasteiger partial charge in [0.15, 0.2) is 0 Å². The molecule has 118 valence electrons. The van der Waals surface area contributed by atoms with Gasteiger partial charge in [-0.1, -0.05) is 25.5 Å². The maximum atomic E-state index is 12.4. The van der Waals surface area contributed by atoms with Crippen molar-refractivity contribution in [2.45, 2.75) is 34.1 Å². The minimum Gasteiger partial charge on any atom is -0.385 e. The molecule has 0 heterocycles. The molecule has 21 heavy (non-hydrogen) atoms. The quantitative estimate of drug-likeness (QED) is 0.773. The van der Waals surface area contributed by atoms with E-state index in [1.165, 1.54) is 0 Å². The third-order valence-corrected chi connectivity index (χ3v) is 3.50. The van der Waals surface area contributed by atoms with Crippen LogP contribution < -0.4 is 10.6 Å². The highest BCUT2D eigenvalue weighted by Gasteiger charge is 2.20. The molecule has 4 heteroatoms. The highest BCUT2D eigenvalue weighted by Crippen LogP contribution is 2.21. The van der Waals surface area contributed by atoms with Gasteiger partial charge in [-0.3, -0.25) is 4.79 Å². The Bertz CT molecular complexity index is 470. The molecule has 0 radical (unpaired) electrons. The molecule has 0 aliphatic rings. The number of nitrogens with one attached hydrogen (secondary N) is 2. The van der Waals surface area contributed by atoms with Crippen LogP contribution in [0.2, 0.25) is 0 Å². The van der Waals surface area contributed by atoms with Crippen LogP contribution in [0.15, 0.2) is 18.2 Å². The minimum absolute atomic E-state index is 0.0217. The zero-order valence-electron chi connectivity index (χ0n) is 13.9. The Morgan fingerprint density at radius 1 is 1.33 bits per heavy atom. The summed E-state index contributed by atoms with van der Waals surface area (Å²) < 4.78 is 5.11. The summed E-state index contributed by atoms with van der Waals surface area (Å²) in [5.74, 6) is -0.0276. The van der Waals surface area contributed by atoms with Gasteiger partial charge in [0.25, 0.3) is 5.91 Å². The second-order valence-electron chi connectivity index (χ2n) is 6.17. The summed E-state index contributed by atoms with van der Waals surface area (Å²) in [6, 6.07) is 5.90. The maximum absolute atomic E-state index is 12.4. The van der Waals surface area contributed by atoms with Gasteiger partial charge in [-0.25, -0.2) is 0 Å². The summed E-state index contributed by atoms with van der Waals surface area (Å²) >= 11 is 0. The first-order valence-corrected chi connectivity index (χ1v) is 7.51. The predicted octanol–water partition coefficient (Wildman–Crippen LogP) is 3.22. The average Bonchev–Trinajstić information content (AvgIpc) is 2.45. The topological polar surface area (TPSA) is 50.4 Å². The van der Waals surface area contributed by atoms with E-state index >= 15 is 0 Å². The van der Waals surface area contributed by atoms with Crippen molar-refractivity contribution in [2.75, 3.05) is 32.1 Å². The van der Waals surface area contributed by atoms with Gasteiger partial charge in [0, 0.05) is 32.5 Å². The molecule has 1 amide bonds. The fraction of sp³-hybridized carbons (Fsp3) is 0.588. The number of ether oxygens (including phenoxy) is 1. The average molecular weight is 292 g/mol. The van der Waals surface area contributed by atoms with Crippen molar-refractivity contribution in [3.05, 3.63) is 29.3 Å². The second-order valence-corrected chi connectivity index (χ2v) is 6.17. The molecule has 0 saturated carbocycles. The molecular weight excluding hydrogens is 264 g/mol. The first-order chi connectivity index (χ1) is 9.89. The summed E-state index contributed by atoms with van der Waals surface area (Å²) in [5.41, 5.74) is 2.70. The smallest absolute Gasteiger partial charge is 0.253 e. The lowest BCUT2D eigenvalue weighted by atomic mass is 9.89. The van der Waals surface area contributed by atoms with Crippen molar-refractivity contribution in [1.29, 1.82) is 0 Å². The number of hydrogen-bond acceptors (Lipinski definition) is 3. The first kappa shape index (κ1) is 17.5. The fourth-order valence-electron chi connectivity index (χ4n) is 2.07. The van der Waals surface area contributed by atoms with Crippen molar-refractivity contribution in [3.8, 4) is 0 Å². The van der Waals surface area contributed by atoms with E-state index in [1.54, 1.807) is 7.11 Å². The number of carbonyl (C=O) groups excluding carboxylic acids is 1. The molecule has 2 N–H and O–H groups in total. The van der Waals surface area contributed by atoms with Crippen LogP contribution in [0.4, 0.5) is 5.69 Å². The van der Waals surface area contributed by atoms with Crippen LogP contribution in [0.25, 0.3) is 0 Å². The van der Waals surface area contributed by atoms with Crippen LogP contribution in [0, 0.1) is 12.3 Å². The highest BCUT2D eigenvalue weighted by molar-refractivity contribution is 5.99. The van der Waals surface area contributed by atoms with Gasteiger partial charge in [0.1, 0.15) is 0 Å². The summed E-state index contributed by atoms with van der Waals surface area (Å²) in [6.07, 6.45) is 0.914. The summed E-state index contributed by atoms with van der Waals surface area (Å²) in [7, 11) is 1.70. The number of methoxy groups -OCH3 is 1. The Morgan fingerprint density at radius 2 is 2.05 bits per heavy atom. The molecule has 0 fully saturated rings. The van der Waals surface area contributed by atoms with Gasteiger partial charge < -0.3 is 15.4 Å². The zero-order chi connectivity index (χ0) is 15.9. The van der Waals surface area contributed by atoms with E-state index in [4.69, 9.17) is 4.74 Å². The van der Waals surface area contributed by atoms with E-state index in [0.29, 0.717) is 18.7 Å². The largest absolute Gasteiger partial charge is 0.385 e. The Labute approximate surface area is 128 Å². The number of anilines is 1. The Kier molecular flexibility index (Phi) is 6.69. The van der Waals surface area contributed by atoms with Crippen molar-refractivity contribution in [2.24, 2.45) is 5.41 Å². The predicted molar refractivity (Wildman–Crippen MR) is 87.9 cm³/mol. The Morgan fingerprint density at radius 3 is 2.67 bits per heavy atom. The molecular formula is C17H28N2O2. The van der Waals surface area contributed by atoms with Gasteiger partial charge >= 0.3 is 0 Å².